The molecule has 14 heavy (non-hydrogen) atoms. The summed E-state index contributed by atoms with van der Waals surface area (Å²) in [5.41, 5.74) is 0. The Balaban J connectivity index is 2.13. The first-order valence-corrected chi connectivity index (χ1v) is 5.92. The summed E-state index contributed by atoms with van der Waals surface area (Å²) in [6.07, 6.45) is 7.25. The molecule has 1 aliphatic carbocycles. The fourth-order valence-electron chi connectivity index (χ4n) is 1.73. The lowest BCUT2D eigenvalue weighted by atomic mass is 10.1. The van der Waals surface area contributed by atoms with Crippen LogP contribution in [-0.4, -0.2) is 17.1 Å². The van der Waals surface area contributed by atoms with Gasteiger partial charge in [0.2, 0.25) is 5.91 Å². The number of carbonyl (C=O) groups excluding carboxylic acids is 2. The molecule has 1 unspecified atom stereocenters. The van der Waals surface area contributed by atoms with Crippen molar-refractivity contribution in [2.75, 3.05) is 0 Å². The van der Waals surface area contributed by atoms with Gasteiger partial charge >= 0.3 is 0 Å². The average molecular weight is 210 g/mol. The summed E-state index contributed by atoms with van der Waals surface area (Å²) >= 11 is 0. The number of carbonyl (C=O) groups is 2. The first kappa shape index (κ1) is 9.60. The average Bonchev–Trinajstić information content (AvgIpc) is 2.47. The van der Waals surface area contributed by atoms with E-state index in [1.165, 1.54) is 18.2 Å². The molecule has 0 aromatic rings. The Bertz CT molecular complexity index is 344. The van der Waals surface area contributed by atoms with Gasteiger partial charge in [-0.25, -0.2) is 0 Å². The summed E-state index contributed by atoms with van der Waals surface area (Å²) in [6.45, 7) is 0. The van der Waals surface area contributed by atoms with Crippen LogP contribution in [0.5, 0.6) is 0 Å². The second-order valence-electron chi connectivity index (χ2n) is 3.63. The molecule has 1 heterocycles. The third kappa shape index (κ3) is 2.10. The Morgan fingerprint density at radius 1 is 1.29 bits per heavy atom. The molecule has 4 heteroatoms. The van der Waals surface area contributed by atoms with Gasteiger partial charge in [-0.3, -0.25) is 14.9 Å². The van der Waals surface area contributed by atoms with Crippen molar-refractivity contribution in [2.45, 2.75) is 32.1 Å². The number of amides is 2. The minimum absolute atomic E-state index is 0.145. The molecule has 3 nitrogen and oxygen atoms in total. The smallest absolute Gasteiger partial charge is 0.289 e. The van der Waals surface area contributed by atoms with E-state index in [1.807, 2.05) is 0 Å². The normalized spacial score (nSPS) is 25.1. The van der Waals surface area contributed by atoms with Crippen molar-refractivity contribution in [3.8, 4) is 0 Å². The molecule has 1 saturated heterocycles. The minimum Gasteiger partial charge on any atom is -0.289 e. The summed E-state index contributed by atoms with van der Waals surface area (Å²) in [5, 5.41) is 4.45. The van der Waals surface area contributed by atoms with E-state index >= 15 is 0 Å². The lowest BCUT2D eigenvalue weighted by Crippen LogP contribution is -2.21. The van der Waals surface area contributed by atoms with E-state index in [0.717, 1.165) is 18.1 Å². The van der Waals surface area contributed by atoms with Crippen molar-refractivity contribution in [2.24, 2.45) is 0 Å². The second kappa shape index (κ2) is 4.05. The molecule has 0 bridgehead atoms. The van der Waals surface area contributed by atoms with E-state index in [2.05, 4.69) is 11.4 Å². The van der Waals surface area contributed by atoms with Crippen LogP contribution in [0.1, 0.15) is 32.1 Å². The molecule has 1 atom stereocenters. The highest BCUT2D eigenvalue weighted by molar-refractivity contribution is 7.48. The molecule has 0 aromatic heterocycles. The predicted octanol–water partition coefficient (Wildman–Crippen LogP) is 1.34. The number of imide groups is 1. The Hall–Kier alpha value is -0.950. The van der Waals surface area contributed by atoms with Crippen LogP contribution in [0.4, 0.5) is 0 Å². The first-order valence-electron chi connectivity index (χ1n) is 4.92. The molecule has 0 spiro atoms. The number of hydrogen-bond acceptors (Lipinski definition) is 2. The van der Waals surface area contributed by atoms with Gasteiger partial charge in [-0.2, -0.15) is 0 Å². The summed E-state index contributed by atoms with van der Waals surface area (Å²) in [6, 6.07) is 0. The van der Waals surface area contributed by atoms with Crippen LogP contribution in [0.2, 0.25) is 0 Å². The van der Waals surface area contributed by atoms with Crippen molar-refractivity contribution < 1.29 is 9.59 Å². The highest BCUT2D eigenvalue weighted by Crippen LogP contribution is 2.28. The minimum atomic E-state index is -0.153. The number of hydrogen-bond donors (Lipinski definition) is 1. The number of rotatable bonds is 1. The van der Waals surface area contributed by atoms with Crippen LogP contribution in [0.15, 0.2) is 11.4 Å². The third-order valence-corrected chi connectivity index (χ3v) is 3.95. The Morgan fingerprint density at radius 2 is 2.14 bits per heavy atom. The van der Waals surface area contributed by atoms with Gasteiger partial charge in [0.15, 0.2) is 5.29 Å². The summed E-state index contributed by atoms with van der Waals surface area (Å²) in [4.78, 5) is 22.2. The number of nitrogens with one attached hydrogen (secondary N) is 1. The van der Waals surface area contributed by atoms with Crippen LogP contribution in [0.3, 0.4) is 0 Å². The van der Waals surface area contributed by atoms with Crippen LogP contribution < -0.4 is 5.32 Å². The topological polar surface area (TPSA) is 46.2 Å². The molecule has 1 N–H and O–H groups in total. The van der Waals surface area contributed by atoms with Crippen molar-refractivity contribution in [3.05, 3.63) is 11.4 Å². The van der Waals surface area contributed by atoms with Gasteiger partial charge in [0.25, 0.3) is 5.91 Å². The Kier molecular flexibility index (Phi) is 2.78. The highest BCUT2D eigenvalue weighted by atomic mass is 31.1. The first-order chi connectivity index (χ1) is 6.75. The highest BCUT2D eigenvalue weighted by Gasteiger charge is 2.30. The summed E-state index contributed by atoms with van der Waals surface area (Å²) in [7, 11) is 0.446. The largest absolute Gasteiger partial charge is 0.296 e. The van der Waals surface area contributed by atoms with Gasteiger partial charge < -0.3 is 0 Å². The van der Waals surface area contributed by atoms with Crippen LogP contribution >= 0.6 is 8.20 Å². The zero-order valence-electron chi connectivity index (χ0n) is 7.93. The van der Waals surface area contributed by atoms with E-state index in [9.17, 15) is 9.59 Å². The molecule has 0 aromatic carbocycles. The fourth-order valence-corrected chi connectivity index (χ4v) is 3.09. The van der Waals surface area contributed by atoms with E-state index in [4.69, 9.17) is 0 Å². The van der Waals surface area contributed by atoms with E-state index < -0.39 is 0 Å². The second-order valence-corrected chi connectivity index (χ2v) is 5.13. The van der Waals surface area contributed by atoms with Crippen LogP contribution in [0, 0.1) is 0 Å². The van der Waals surface area contributed by atoms with Crippen molar-refractivity contribution in [1.29, 1.82) is 0 Å². The standard InChI is InChI=1S/C10H12NO2P/c12-9-6-8(10(13)11-9)14-7-4-2-1-3-5-7/h4H,1-3,5-6H2,(H,11,12,13)/p+1. The van der Waals surface area contributed by atoms with Crippen LogP contribution in [-0.2, 0) is 9.59 Å². The fraction of sp³-hybridized carbons (Fsp3) is 0.500. The maximum absolute atomic E-state index is 11.3. The van der Waals surface area contributed by atoms with E-state index in [0.29, 0.717) is 14.6 Å². The molecule has 2 amide bonds. The number of allylic oxidation sites excluding steroid dienone is 2. The van der Waals surface area contributed by atoms with Gasteiger partial charge in [-0.05, 0) is 25.3 Å². The van der Waals surface area contributed by atoms with Gasteiger partial charge in [0.1, 0.15) is 13.5 Å². The van der Waals surface area contributed by atoms with Gasteiger partial charge in [-0.1, -0.05) is 0 Å². The van der Waals surface area contributed by atoms with Crippen molar-refractivity contribution >= 4 is 25.3 Å². The Morgan fingerprint density at radius 3 is 2.71 bits per heavy atom. The maximum Gasteiger partial charge on any atom is 0.296 e. The molecule has 74 valence electrons. The molecule has 0 saturated carbocycles. The van der Waals surface area contributed by atoms with Gasteiger partial charge in [0, 0.05) is 6.42 Å². The molecule has 1 fully saturated rings. The molecule has 0 radical (unpaired) electrons. The summed E-state index contributed by atoms with van der Waals surface area (Å²) < 4.78 is 0. The quantitative estimate of drug-likeness (QED) is 0.524. The molecule has 2 rings (SSSR count). The van der Waals surface area contributed by atoms with Gasteiger partial charge in [-0.15, -0.1) is 0 Å². The maximum atomic E-state index is 11.3. The van der Waals surface area contributed by atoms with Crippen molar-refractivity contribution in [3.63, 3.8) is 0 Å². The monoisotopic (exact) mass is 210 g/mol. The Labute approximate surface area is 84.4 Å². The molecular formula is C10H13NO2P+. The predicted molar refractivity (Wildman–Crippen MR) is 57.6 cm³/mol. The lowest BCUT2D eigenvalue weighted by molar-refractivity contribution is -0.123. The zero-order chi connectivity index (χ0) is 9.97. The molecule has 1 aliphatic heterocycles. The third-order valence-electron chi connectivity index (χ3n) is 2.47. The molecular weight excluding hydrogens is 197 g/mol. The zero-order valence-corrected chi connectivity index (χ0v) is 8.93. The summed E-state index contributed by atoms with van der Waals surface area (Å²) in [5.74, 6) is -0.297. The molecule has 2 aliphatic rings. The van der Waals surface area contributed by atoms with Gasteiger partial charge in [0.05, 0.1) is 6.42 Å². The van der Waals surface area contributed by atoms with Crippen LogP contribution in [0.25, 0.3) is 0 Å². The van der Waals surface area contributed by atoms with Crippen molar-refractivity contribution in [1.82, 2.24) is 5.32 Å². The van der Waals surface area contributed by atoms with E-state index in [1.54, 1.807) is 0 Å². The van der Waals surface area contributed by atoms with E-state index in [-0.39, 0.29) is 11.8 Å². The lowest BCUT2D eigenvalue weighted by Gasteiger charge is -2.02. The SMILES string of the molecule is O=C1CC(=[PH+]C2=CCCCC2)C(=O)N1.